The summed E-state index contributed by atoms with van der Waals surface area (Å²) in [5, 5.41) is 2.51. The van der Waals surface area contributed by atoms with Crippen molar-refractivity contribution in [2.45, 2.75) is 12.5 Å². The van der Waals surface area contributed by atoms with Crippen LogP contribution in [0.3, 0.4) is 0 Å². The van der Waals surface area contributed by atoms with Crippen molar-refractivity contribution in [2.75, 3.05) is 12.4 Å². The number of nitrogens with one attached hydrogen (secondary N) is 1. The first-order chi connectivity index (χ1) is 8.06. The Morgan fingerprint density at radius 3 is 2.94 bits per heavy atom. The average molecular weight is 238 g/mol. The zero-order valence-corrected chi connectivity index (χ0v) is 9.57. The van der Waals surface area contributed by atoms with E-state index in [0.29, 0.717) is 17.9 Å². The van der Waals surface area contributed by atoms with Crippen molar-refractivity contribution in [1.29, 1.82) is 0 Å². The average Bonchev–Trinajstić information content (AvgIpc) is 2.28. The molecular weight excluding hydrogens is 223 g/mol. The number of carbonyl (C=O) groups excluding carboxylic acids is 1. The first-order valence-electron chi connectivity index (χ1n) is 5.08. The van der Waals surface area contributed by atoms with Crippen LogP contribution in [0.15, 0.2) is 30.9 Å². The molecule has 1 aromatic rings. The van der Waals surface area contributed by atoms with Gasteiger partial charge >= 0.3 is 0 Å². The van der Waals surface area contributed by atoms with Crippen molar-refractivity contribution in [3.63, 3.8) is 0 Å². The number of hydrogen-bond acceptors (Lipinski definition) is 3. The predicted molar refractivity (Wildman–Crippen MR) is 64.4 cm³/mol. The van der Waals surface area contributed by atoms with Gasteiger partial charge in [-0.25, -0.2) is 4.39 Å². The summed E-state index contributed by atoms with van der Waals surface area (Å²) in [6.07, 6.45) is 1.91. The molecule has 0 bridgehead atoms. The number of halogens is 1. The molecule has 0 radical (unpaired) electrons. The molecule has 1 amide bonds. The zero-order chi connectivity index (χ0) is 12.8. The highest BCUT2D eigenvalue weighted by Crippen LogP contribution is 2.19. The van der Waals surface area contributed by atoms with Crippen molar-refractivity contribution in [1.82, 2.24) is 0 Å². The minimum absolute atomic E-state index is 0.311. The maximum absolute atomic E-state index is 13.1. The normalized spacial score (nSPS) is 11.7. The molecule has 5 heteroatoms. The molecule has 0 heterocycles. The third kappa shape index (κ3) is 3.88. The highest BCUT2D eigenvalue weighted by atomic mass is 19.1. The van der Waals surface area contributed by atoms with Crippen molar-refractivity contribution >= 4 is 11.6 Å². The Morgan fingerprint density at radius 2 is 2.35 bits per heavy atom. The van der Waals surface area contributed by atoms with E-state index in [0.717, 1.165) is 0 Å². The van der Waals surface area contributed by atoms with Crippen LogP contribution >= 0.6 is 0 Å². The van der Waals surface area contributed by atoms with E-state index >= 15 is 0 Å². The van der Waals surface area contributed by atoms with Gasteiger partial charge in [0.1, 0.15) is 11.6 Å². The number of carbonyl (C=O) groups is 1. The lowest BCUT2D eigenvalue weighted by atomic mass is 10.2. The Labute approximate surface area is 99.3 Å². The van der Waals surface area contributed by atoms with Crippen LogP contribution in [-0.2, 0) is 4.79 Å². The van der Waals surface area contributed by atoms with E-state index in [-0.39, 0.29) is 0 Å². The number of amides is 1. The van der Waals surface area contributed by atoms with Crippen LogP contribution in [-0.4, -0.2) is 19.1 Å². The van der Waals surface area contributed by atoms with Crippen LogP contribution in [0.25, 0.3) is 0 Å². The maximum atomic E-state index is 13.1. The standard InChI is InChI=1S/C12H15FN2O2/c1-3-4-11(14)12(16)15-9-5-8(13)6-10(7-9)17-2/h3,5-7,11H,1,4,14H2,2H3,(H,15,16). The van der Waals surface area contributed by atoms with E-state index in [1.165, 1.54) is 25.3 Å². The van der Waals surface area contributed by atoms with E-state index in [1.54, 1.807) is 6.08 Å². The fraction of sp³-hybridized carbons (Fsp3) is 0.250. The number of methoxy groups -OCH3 is 1. The van der Waals surface area contributed by atoms with Gasteiger partial charge in [0, 0.05) is 17.8 Å². The number of rotatable bonds is 5. The van der Waals surface area contributed by atoms with E-state index < -0.39 is 17.8 Å². The molecule has 3 N–H and O–H groups in total. The van der Waals surface area contributed by atoms with Gasteiger partial charge in [-0.1, -0.05) is 6.08 Å². The van der Waals surface area contributed by atoms with Crippen LogP contribution in [0, 0.1) is 5.82 Å². The molecule has 0 fully saturated rings. The monoisotopic (exact) mass is 238 g/mol. The second kappa shape index (κ2) is 6.00. The third-order valence-electron chi connectivity index (χ3n) is 2.13. The highest BCUT2D eigenvalue weighted by Gasteiger charge is 2.12. The van der Waals surface area contributed by atoms with Crippen molar-refractivity contribution in [3.8, 4) is 5.75 Å². The molecule has 0 aliphatic rings. The van der Waals surface area contributed by atoms with E-state index in [1.807, 2.05) is 0 Å². The van der Waals surface area contributed by atoms with Crippen LogP contribution in [0.1, 0.15) is 6.42 Å². The van der Waals surface area contributed by atoms with Crippen molar-refractivity contribution in [3.05, 3.63) is 36.7 Å². The first-order valence-corrected chi connectivity index (χ1v) is 5.08. The molecule has 1 aromatic carbocycles. The molecule has 0 saturated heterocycles. The Kier molecular flexibility index (Phi) is 4.66. The van der Waals surface area contributed by atoms with Gasteiger partial charge < -0.3 is 15.8 Å². The molecule has 0 aromatic heterocycles. The van der Waals surface area contributed by atoms with E-state index in [4.69, 9.17) is 10.5 Å². The topological polar surface area (TPSA) is 64.4 Å². The fourth-order valence-corrected chi connectivity index (χ4v) is 1.27. The Bertz CT molecular complexity index is 421. The Morgan fingerprint density at radius 1 is 1.65 bits per heavy atom. The first kappa shape index (κ1) is 13.2. The Balaban J connectivity index is 2.77. The van der Waals surface area contributed by atoms with Gasteiger partial charge in [0.15, 0.2) is 0 Å². The highest BCUT2D eigenvalue weighted by molar-refractivity contribution is 5.94. The third-order valence-corrected chi connectivity index (χ3v) is 2.13. The lowest BCUT2D eigenvalue weighted by molar-refractivity contribution is -0.117. The van der Waals surface area contributed by atoms with Crippen LogP contribution in [0.5, 0.6) is 5.75 Å². The summed E-state index contributed by atoms with van der Waals surface area (Å²) in [5.74, 6) is -0.549. The van der Waals surface area contributed by atoms with Gasteiger partial charge in [-0.3, -0.25) is 4.79 Å². The molecular formula is C12H15FN2O2. The summed E-state index contributed by atoms with van der Waals surface area (Å²) in [5.41, 5.74) is 5.89. The largest absolute Gasteiger partial charge is 0.497 e. The zero-order valence-electron chi connectivity index (χ0n) is 9.57. The molecule has 4 nitrogen and oxygen atoms in total. The number of hydrogen-bond donors (Lipinski definition) is 2. The van der Waals surface area contributed by atoms with Gasteiger partial charge in [-0.2, -0.15) is 0 Å². The molecule has 1 rings (SSSR count). The summed E-state index contributed by atoms with van der Waals surface area (Å²) >= 11 is 0. The minimum atomic E-state index is -0.693. The summed E-state index contributed by atoms with van der Waals surface area (Å²) in [7, 11) is 1.42. The number of ether oxygens (including phenoxy) is 1. The van der Waals surface area contributed by atoms with Crippen LogP contribution < -0.4 is 15.8 Å². The minimum Gasteiger partial charge on any atom is -0.497 e. The van der Waals surface area contributed by atoms with Crippen LogP contribution in [0.4, 0.5) is 10.1 Å². The van der Waals surface area contributed by atoms with Gasteiger partial charge in [0.2, 0.25) is 5.91 Å². The van der Waals surface area contributed by atoms with Crippen LogP contribution in [0.2, 0.25) is 0 Å². The van der Waals surface area contributed by atoms with E-state index in [9.17, 15) is 9.18 Å². The molecule has 1 unspecified atom stereocenters. The molecule has 92 valence electrons. The predicted octanol–water partition coefficient (Wildman–Crippen LogP) is 1.68. The quantitative estimate of drug-likeness (QED) is 0.767. The summed E-state index contributed by atoms with van der Waals surface area (Å²) in [4.78, 5) is 11.6. The molecule has 17 heavy (non-hydrogen) atoms. The summed E-state index contributed by atoms with van der Waals surface area (Å²) in [6.45, 7) is 3.49. The number of nitrogens with two attached hydrogens (primary N) is 1. The van der Waals surface area contributed by atoms with Gasteiger partial charge in [0.25, 0.3) is 0 Å². The number of benzene rings is 1. The number of anilines is 1. The second-order valence-electron chi connectivity index (χ2n) is 3.50. The summed E-state index contributed by atoms with van der Waals surface area (Å²) < 4.78 is 18.0. The van der Waals surface area contributed by atoms with Gasteiger partial charge in [-0.15, -0.1) is 6.58 Å². The lowest BCUT2D eigenvalue weighted by Gasteiger charge is -2.11. The van der Waals surface area contributed by atoms with Crippen molar-refractivity contribution < 1.29 is 13.9 Å². The SMILES string of the molecule is C=CCC(N)C(=O)Nc1cc(F)cc(OC)c1. The molecule has 0 aliphatic carbocycles. The lowest BCUT2D eigenvalue weighted by Crippen LogP contribution is -2.35. The molecule has 0 spiro atoms. The van der Waals surface area contributed by atoms with Gasteiger partial charge in [-0.05, 0) is 12.5 Å². The fourth-order valence-electron chi connectivity index (χ4n) is 1.27. The van der Waals surface area contributed by atoms with E-state index in [2.05, 4.69) is 11.9 Å². The van der Waals surface area contributed by atoms with Crippen molar-refractivity contribution in [2.24, 2.45) is 5.73 Å². The smallest absolute Gasteiger partial charge is 0.241 e. The summed E-state index contributed by atoms with van der Waals surface area (Å²) in [6, 6.07) is 3.24. The Hall–Kier alpha value is -1.88. The second-order valence-corrected chi connectivity index (χ2v) is 3.50. The van der Waals surface area contributed by atoms with Gasteiger partial charge in [0.05, 0.1) is 13.2 Å². The molecule has 0 saturated carbocycles. The molecule has 1 atom stereocenters. The molecule has 0 aliphatic heterocycles. The maximum Gasteiger partial charge on any atom is 0.241 e.